The van der Waals surface area contributed by atoms with Crippen molar-refractivity contribution < 1.29 is 9.18 Å². The number of benzene rings is 2. The molecule has 6 heteroatoms. The predicted molar refractivity (Wildman–Crippen MR) is 118 cm³/mol. The molecule has 1 aliphatic heterocycles. The average molecular weight is 414 g/mol. The van der Waals surface area contributed by atoms with Gasteiger partial charge in [-0.1, -0.05) is 12.1 Å². The Balaban J connectivity index is 1.56. The summed E-state index contributed by atoms with van der Waals surface area (Å²) in [5.41, 5.74) is 6.99. The second-order valence-corrected chi connectivity index (χ2v) is 8.22. The average Bonchev–Trinajstić information content (AvgIpc) is 3.07. The number of hydrogen-bond donors (Lipinski definition) is 0. The molecular formula is C25H23FN4O. The molecule has 0 spiro atoms. The molecule has 5 nitrogen and oxygen atoms in total. The van der Waals surface area contributed by atoms with Gasteiger partial charge in [-0.05, 0) is 66.9 Å². The number of hydrogen-bond acceptors (Lipinski definition) is 3. The first-order valence-corrected chi connectivity index (χ1v) is 10.4. The Labute approximate surface area is 180 Å². The number of nitrogens with zero attached hydrogens (tertiary/aromatic N) is 4. The summed E-state index contributed by atoms with van der Waals surface area (Å²) in [6, 6.07) is 14.5. The molecule has 1 atom stereocenters. The molecule has 0 N–H and O–H groups in total. The van der Waals surface area contributed by atoms with Gasteiger partial charge in [-0.25, -0.2) is 4.39 Å². The van der Waals surface area contributed by atoms with E-state index in [4.69, 9.17) is 5.10 Å². The molecule has 5 rings (SSSR count). The molecule has 4 aromatic rings. The molecule has 2 aromatic carbocycles. The minimum Gasteiger partial charge on any atom is -0.331 e. The molecular weight excluding hydrogens is 391 g/mol. The van der Waals surface area contributed by atoms with Crippen LogP contribution in [-0.2, 0) is 24.8 Å². The number of aryl methyl sites for hydroxylation is 2. The van der Waals surface area contributed by atoms with Gasteiger partial charge in [0, 0.05) is 36.4 Å². The monoisotopic (exact) mass is 414 g/mol. The topological polar surface area (TPSA) is 51.0 Å². The van der Waals surface area contributed by atoms with Gasteiger partial charge >= 0.3 is 0 Å². The largest absolute Gasteiger partial charge is 0.331 e. The summed E-state index contributed by atoms with van der Waals surface area (Å²) >= 11 is 0. The van der Waals surface area contributed by atoms with Crippen molar-refractivity contribution in [2.45, 2.75) is 32.9 Å². The molecule has 3 heterocycles. The van der Waals surface area contributed by atoms with Gasteiger partial charge in [0.25, 0.3) is 0 Å². The van der Waals surface area contributed by atoms with Gasteiger partial charge in [-0.2, -0.15) is 5.10 Å². The fourth-order valence-electron chi connectivity index (χ4n) is 4.42. The van der Waals surface area contributed by atoms with E-state index in [1.165, 1.54) is 12.1 Å². The minimum absolute atomic E-state index is 0.0795. The third-order valence-electron chi connectivity index (χ3n) is 6.16. The third-order valence-corrected chi connectivity index (χ3v) is 6.16. The fraction of sp³-hybridized carbons (Fsp3) is 0.240. The molecule has 156 valence electrons. The van der Waals surface area contributed by atoms with Gasteiger partial charge in [0.05, 0.1) is 18.0 Å². The highest BCUT2D eigenvalue weighted by atomic mass is 19.1. The van der Waals surface area contributed by atoms with Gasteiger partial charge < -0.3 is 4.90 Å². The van der Waals surface area contributed by atoms with Crippen molar-refractivity contribution in [3.8, 4) is 11.3 Å². The van der Waals surface area contributed by atoms with Gasteiger partial charge in [-0.3, -0.25) is 14.5 Å². The molecule has 0 saturated carbocycles. The number of rotatable bonds is 3. The molecule has 0 aliphatic carbocycles. The standard InChI is InChI=1S/C25H23FN4O/c1-15-10-18(8-9-27-15)25-22-11-20-14-30(16(2)17-4-6-21(26)7-5-17)24(31)13-19(20)12-23(22)29(3)28-25/h4-12,16H,13-14H2,1-3H3/t16-/m1/s1. The lowest BCUT2D eigenvalue weighted by atomic mass is 9.94. The van der Waals surface area contributed by atoms with Crippen LogP contribution in [0.4, 0.5) is 4.39 Å². The second-order valence-electron chi connectivity index (χ2n) is 8.22. The van der Waals surface area contributed by atoms with E-state index in [2.05, 4.69) is 17.1 Å². The Morgan fingerprint density at radius 2 is 1.84 bits per heavy atom. The smallest absolute Gasteiger partial charge is 0.227 e. The fourth-order valence-corrected chi connectivity index (χ4v) is 4.42. The quantitative estimate of drug-likeness (QED) is 0.487. The van der Waals surface area contributed by atoms with Crippen LogP contribution in [0.25, 0.3) is 22.2 Å². The maximum Gasteiger partial charge on any atom is 0.227 e. The van der Waals surface area contributed by atoms with Gasteiger partial charge in [0.1, 0.15) is 11.5 Å². The maximum atomic E-state index is 13.3. The molecule has 0 saturated heterocycles. The zero-order valence-corrected chi connectivity index (χ0v) is 17.8. The van der Waals surface area contributed by atoms with Crippen LogP contribution in [0.5, 0.6) is 0 Å². The summed E-state index contributed by atoms with van der Waals surface area (Å²) in [6.07, 6.45) is 2.15. The van der Waals surface area contributed by atoms with Crippen molar-refractivity contribution in [1.29, 1.82) is 0 Å². The summed E-state index contributed by atoms with van der Waals surface area (Å²) in [5, 5.41) is 5.82. The summed E-state index contributed by atoms with van der Waals surface area (Å²) < 4.78 is 15.2. The second kappa shape index (κ2) is 7.30. The van der Waals surface area contributed by atoms with Crippen LogP contribution in [0.2, 0.25) is 0 Å². The zero-order valence-electron chi connectivity index (χ0n) is 17.8. The van der Waals surface area contributed by atoms with E-state index >= 15 is 0 Å². The Morgan fingerprint density at radius 3 is 2.58 bits per heavy atom. The highest BCUT2D eigenvalue weighted by Crippen LogP contribution is 2.34. The first-order chi connectivity index (χ1) is 14.9. The highest BCUT2D eigenvalue weighted by molar-refractivity contribution is 5.95. The predicted octanol–water partition coefficient (Wildman–Crippen LogP) is 4.73. The van der Waals surface area contributed by atoms with Crippen LogP contribution < -0.4 is 0 Å². The Hall–Kier alpha value is -3.54. The SMILES string of the molecule is Cc1cc(-c2nn(C)c3cc4c(cc23)CN([C@H](C)c2ccc(F)cc2)C(=O)C4)ccn1. The lowest BCUT2D eigenvalue weighted by molar-refractivity contribution is -0.134. The number of carbonyl (C=O) groups is 1. The van der Waals surface area contributed by atoms with E-state index < -0.39 is 0 Å². The normalized spacial score (nSPS) is 14.7. The summed E-state index contributed by atoms with van der Waals surface area (Å²) in [5.74, 6) is -0.195. The summed E-state index contributed by atoms with van der Waals surface area (Å²) in [7, 11) is 1.93. The molecule has 0 unspecified atom stereocenters. The number of halogens is 1. The van der Waals surface area contributed by atoms with E-state index in [0.29, 0.717) is 13.0 Å². The number of aromatic nitrogens is 3. The van der Waals surface area contributed by atoms with Gasteiger partial charge in [0.15, 0.2) is 0 Å². The zero-order chi connectivity index (χ0) is 21.7. The first-order valence-electron chi connectivity index (χ1n) is 10.4. The van der Waals surface area contributed by atoms with Crippen LogP contribution in [0.3, 0.4) is 0 Å². The van der Waals surface area contributed by atoms with Crippen LogP contribution in [0.15, 0.2) is 54.7 Å². The lowest BCUT2D eigenvalue weighted by Gasteiger charge is -2.34. The Kier molecular flexibility index (Phi) is 4.58. The first kappa shape index (κ1) is 19.4. The van der Waals surface area contributed by atoms with E-state index in [1.807, 2.05) is 42.6 Å². The molecule has 2 aromatic heterocycles. The summed E-state index contributed by atoms with van der Waals surface area (Å²) in [6.45, 7) is 4.48. The van der Waals surface area contributed by atoms with E-state index in [0.717, 1.165) is 44.5 Å². The number of fused-ring (bicyclic) bond motifs is 2. The van der Waals surface area contributed by atoms with Crippen LogP contribution in [0, 0.1) is 12.7 Å². The molecule has 0 radical (unpaired) electrons. The van der Waals surface area contributed by atoms with Gasteiger partial charge in [0.2, 0.25) is 5.91 Å². The van der Waals surface area contributed by atoms with Crippen molar-refractivity contribution in [1.82, 2.24) is 19.7 Å². The van der Waals surface area contributed by atoms with Crippen LogP contribution in [0.1, 0.15) is 35.3 Å². The van der Waals surface area contributed by atoms with Crippen LogP contribution in [-0.4, -0.2) is 25.6 Å². The van der Waals surface area contributed by atoms with Crippen molar-refractivity contribution >= 4 is 16.8 Å². The van der Waals surface area contributed by atoms with Crippen molar-refractivity contribution in [2.75, 3.05) is 0 Å². The van der Waals surface area contributed by atoms with Crippen molar-refractivity contribution in [3.05, 3.63) is 82.9 Å². The Morgan fingerprint density at radius 1 is 1.06 bits per heavy atom. The van der Waals surface area contributed by atoms with Gasteiger partial charge in [-0.15, -0.1) is 0 Å². The molecule has 31 heavy (non-hydrogen) atoms. The molecule has 1 aliphatic rings. The molecule has 0 fully saturated rings. The number of pyridine rings is 1. The minimum atomic E-state index is -0.274. The maximum absolute atomic E-state index is 13.3. The number of amides is 1. The molecule has 1 amide bonds. The van der Waals surface area contributed by atoms with Crippen molar-refractivity contribution in [3.63, 3.8) is 0 Å². The Bertz CT molecular complexity index is 1310. The molecule has 0 bridgehead atoms. The third kappa shape index (κ3) is 3.38. The highest BCUT2D eigenvalue weighted by Gasteiger charge is 2.29. The van der Waals surface area contributed by atoms with Crippen LogP contribution >= 0.6 is 0 Å². The lowest BCUT2D eigenvalue weighted by Crippen LogP contribution is -2.38. The van der Waals surface area contributed by atoms with Crippen molar-refractivity contribution in [2.24, 2.45) is 7.05 Å². The number of carbonyl (C=O) groups excluding carboxylic acids is 1. The van der Waals surface area contributed by atoms with E-state index in [9.17, 15) is 9.18 Å². The summed E-state index contributed by atoms with van der Waals surface area (Å²) in [4.78, 5) is 19.1. The van der Waals surface area contributed by atoms with E-state index in [1.54, 1.807) is 18.3 Å². The van der Waals surface area contributed by atoms with E-state index in [-0.39, 0.29) is 17.8 Å².